The van der Waals surface area contributed by atoms with Crippen LogP contribution in [0.3, 0.4) is 0 Å². The van der Waals surface area contributed by atoms with Crippen LogP contribution in [0.4, 0.5) is 4.39 Å². The van der Waals surface area contributed by atoms with Crippen molar-refractivity contribution in [3.8, 4) is 0 Å². The van der Waals surface area contributed by atoms with Gasteiger partial charge in [0.1, 0.15) is 12.1 Å². The monoisotopic (exact) mass is 240 g/mol. The predicted molar refractivity (Wildman–Crippen MR) is 65.9 cm³/mol. The lowest BCUT2D eigenvalue weighted by atomic mass is 10.2. The van der Waals surface area contributed by atoms with Gasteiger partial charge in [-0.25, -0.2) is 9.37 Å². The van der Waals surface area contributed by atoms with E-state index >= 15 is 0 Å². The zero-order chi connectivity index (χ0) is 12.5. The number of fused-ring (bicyclic) bond motifs is 1. The third-order valence-corrected chi connectivity index (χ3v) is 2.74. The van der Waals surface area contributed by atoms with Gasteiger partial charge in [-0.2, -0.15) is 0 Å². The first kappa shape index (κ1) is 10.7. The highest BCUT2D eigenvalue weighted by atomic mass is 19.1. The van der Waals surface area contributed by atoms with Gasteiger partial charge in [0.25, 0.3) is 5.91 Å². The molecule has 3 nitrogen and oxygen atoms in total. The molecule has 88 valence electrons. The molecule has 0 fully saturated rings. The summed E-state index contributed by atoms with van der Waals surface area (Å²) in [6.07, 6.45) is 1.46. The van der Waals surface area contributed by atoms with Crippen molar-refractivity contribution in [3.63, 3.8) is 0 Å². The van der Waals surface area contributed by atoms with Crippen LogP contribution in [-0.4, -0.2) is 15.5 Å². The van der Waals surface area contributed by atoms with Gasteiger partial charge in [-0.3, -0.25) is 9.36 Å². The van der Waals surface area contributed by atoms with E-state index in [0.29, 0.717) is 11.1 Å². The summed E-state index contributed by atoms with van der Waals surface area (Å²) in [7, 11) is 0. The molecule has 0 aliphatic heterocycles. The van der Waals surface area contributed by atoms with Gasteiger partial charge in [0.2, 0.25) is 0 Å². The number of nitrogens with zero attached hydrogens (tertiary/aromatic N) is 2. The van der Waals surface area contributed by atoms with Gasteiger partial charge in [0.15, 0.2) is 0 Å². The lowest BCUT2D eigenvalue weighted by molar-refractivity contribution is 0.0964. The Bertz CT molecular complexity index is 733. The molecular weight excluding hydrogens is 231 g/mol. The van der Waals surface area contributed by atoms with Crippen LogP contribution in [0.2, 0.25) is 0 Å². The number of hydrogen-bond acceptors (Lipinski definition) is 2. The first-order chi connectivity index (χ1) is 8.75. The summed E-state index contributed by atoms with van der Waals surface area (Å²) < 4.78 is 14.5. The van der Waals surface area contributed by atoms with Gasteiger partial charge in [-0.15, -0.1) is 0 Å². The molecule has 0 atom stereocenters. The second-order valence-corrected chi connectivity index (χ2v) is 3.92. The number of benzene rings is 2. The standard InChI is InChI=1S/C14H9FN2O/c15-11-5-3-4-10(8-11)14(18)17-9-16-12-6-1-2-7-13(12)17/h1-9H. The van der Waals surface area contributed by atoms with E-state index in [0.717, 1.165) is 5.52 Å². The normalized spacial score (nSPS) is 10.7. The number of rotatable bonds is 1. The van der Waals surface area contributed by atoms with Crippen LogP contribution in [0.25, 0.3) is 11.0 Å². The predicted octanol–water partition coefficient (Wildman–Crippen LogP) is 2.86. The second kappa shape index (κ2) is 4.07. The highest BCUT2D eigenvalue weighted by Crippen LogP contribution is 2.14. The smallest absolute Gasteiger partial charge is 0.263 e. The van der Waals surface area contributed by atoms with Crippen LogP contribution in [0.15, 0.2) is 54.9 Å². The molecule has 1 heterocycles. The third kappa shape index (κ3) is 1.68. The fourth-order valence-corrected chi connectivity index (χ4v) is 1.88. The maximum absolute atomic E-state index is 13.1. The summed E-state index contributed by atoms with van der Waals surface area (Å²) in [4.78, 5) is 16.4. The maximum Gasteiger partial charge on any atom is 0.263 e. The largest absolute Gasteiger partial charge is 0.268 e. The minimum absolute atomic E-state index is 0.289. The molecule has 0 aliphatic rings. The Morgan fingerprint density at radius 1 is 1.11 bits per heavy atom. The van der Waals surface area contributed by atoms with Crippen LogP contribution >= 0.6 is 0 Å². The summed E-state index contributed by atoms with van der Waals surface area (Å²) in [5.74, 6) is -0.714. The number of hydrogen-bond donors (Lipinski definition) is 0. The zero-order valence-electron chi connectivity index (χ0n) is 9.38. The first-order valence-electron chi connectivity index (χ1n) is 5.48. The number of para-hydroxylation sites is 2. The van der Waals surface area contributed by atoms with E-state index in [1.165, 1.54) is 29.1 Å². The van der Waals surface area contributed by atoms with E-state index < -0.39 is 5.82 Å². The van der Waals surface area contributed by atoms with Crippen molar-refractivity contribution < 1.29 is 9.18 Å². The molecule has 0 bridgehead atoms. The highest BCUT2D eigenvalue weighted by molar-refractivity contribution is 6.00. The molecule has 3 aromatic rings. The molecule has 18 heavy (non-hydrogen) atoms. The van der Waals surface area contributed by atoms with Crippen molar-refractivity contribution in [2.75, 3.05) is 0 Å². The molecule has 4 heteroatoms. The van der Waals surface area contributed by atoms with Crippen molar-refractivity contribution in [2.24, 2.45) is 0 Å². The molecule has 1 aromatic heterocycles. The average molecular weight is 240 g/mol. The topological polar surface area (TPSA) is 34.9 Å². The third-order valence-electron chi connectivity index (χ3n) is 2.74. The Balaban J connectivity index is 2.12. The van der Waals surface area contributed by atoms with Gasteiger partial charge in [-0.1, -0.05) is 18.2 Å². The molecule has 0 aliphatic carbocycles. The van der Waals surface area contributed by atoms with Gasteiger partial charge < -0.3 is 0 Å². The van der Waals surface area contributed by atoms with Crippen LogP contribution in [0.5, 0.6) is 0 Å². The summed E-state index contributed by atoms with van der Waals surface area (Å²) in [6, 6.07) is 12.9. The number of halogens is 1. The Morgan fingerprint density at radius 3 is 2.78 bits per heavy atom. The molecule has 0 amide bonds. The maximum atomic E-state index is 13.1. The van der Waals surface area contributed by atoms with Crippen molar-refractivity contribution in [1.29, 1.82) is 0 Å². The Morgan fingerprint density at radius 2 is 1.94 bits per heavy atom. The van der Waals surface area contributed by atoms with E-state index in [9.17, 15) is 9.18 Å². The lowest BCUT2D eigenvalue weighted by Crippen LogP contribution is -2.10. The molecule has 0 radical (unpaired) electrons. The van der Waals surface area contributed by atoms with Crippen LogP contribution in [-0.2, 0) is 0 Å². The highest BCUT2D eigenvalue weighted by Gasteiger charge is 2.12. The van der Waals surface area contributed by atoms with Crippen molar-refractivity contribution in [2.45, 2.75) is 0 Å². The molecule has 0 spiro atoms. The summed E-state index contributed by atoms with van der Waals surface area (Å²) in [6.45, 7) is 0. The summed E-state index contributed by atoms with van der Waals surface area (Å²) in [5, 5.41) is 0. The molecule has 2 aromatic carbocycles. The average Bonchev–Trinajstić information content (AvgIpc) is 2.82. The molecule has 0 saturated carbocycles. The molecule has 0 unspecified atom stereocenters. The van der Waals surface area contributed by atoms with Gasteiger partial charge >= 0.3 is 0 Å². The van der Waals surface area contributed by atoms with Gasteiger partial charge in [0, 0.05) is 5.56 Å². The molecule has 0 N–H and O–H groups in total. The summed E-state index contributed by atoms with van der Waals surface area (Å²) >= 11 is 0. The van der Waals surface area contributed by atoms with E-state index in [1.807, 2.05) is 18.2 Å². The Hall–Kier alpha value is -2.49. The van der Waals surface area contributed by atoms with Gasteiger partial charge in [-0.05, 0) is 30.3 Å². The Labute approximate surface area is 103 Å². The fourth-order valence-electron chi connectivity index (χ4n) is 1.88. The zero-order valence-corrected chi connectivity index (χ0v) is 9.38. The SMILES string of the molecule is O=C(c1cccc(F)c1)n1cnc2ccccc21. The first-order valence-corrected chi connectivity index (χ1v) is 5.48. The van der Waals surface area contributed by atoms with Gasteiger partial charge in [0.05, 0.1) is 11.0 Å². The van der Waals surface area contributed by atoms with E-state index in [2.05, 4.69) is 4.98 Å². The Kier molecular flexibility index (Phi) is 2.41. The molecular formula is C14H9FN2O. The fraction of sp³-hybridized carbons (Fsp3) is 0. The minimum atomic E-state index is -0.426. The summed E-state index contributed by atoms with van der Waals surface area (Å²) in [5.41, 5.74) is 1.76. The van der Waals surface area contributed by atoms with E-state index in [1.54, 1.807) is 12.1 Å². The number of imidazole rings is 1. The second-order valence-electron chi connectivity index (χ2n) is 3.92. The van der Waals surface area contributed by atoms with Crippen molar-refractivity contribution in [1.82, 2.24) is 9.55 Å². The van der Waals surface area contributed by atoms with Crippen LogP contribution < -0.4 is 0 Å². The molecule has 3 rings (SSSR count). The lowest BCUT2D eigenvalue weighted by Gasteiger charge is -2.02. The van der Waals surface area contributed by atoms with Crippen LogP contribution in [0, 0.1) is 5.82 Å². The van der Waals surface area contributed by atoms with Crippen molar-refractivity contribution in [3.05, 3.63) is 66.2 Å². The quantitative estimate of drug-likeness (QED) is 0.655. The van der Waals surface area contributed by atoms with Crippen LogP contribution in [0.1, 0.15) is 10.4 Å². The molecule has 0 saturated heterocycles. The number of carbonyl (C=O) groups excluding carboxylic acids is 1. The number of carbonyl (C=O) groups is 1. The van der Waals surface area contributed by atoms with E-state index in [-0.39, 0.29) is 5.91 Å². The minimum Gasteiger partial charge on any atom is -0.268 e. The van der Waals surface area contributed by atoms with E-state index in [4.69, 9.17) is 0 Å². The van der Waals surface area contributed by atoms with Crippen molar-refractivity contribution >= 4 is 16.9 Å². The number of aromatic nitrogens is 2.